The molecule has 0 radical (unpaired) electrons. The zero-order chi connectivity index (χ0) is 24.7. The second-order valence-corrected chi connectivity index (χ2v) is 8.23. The molecule has 0 saturated carbocycles. The SMILES string of the molecule is COc1ccc(C[C@H](NC(C)=O)C(=O)NC2CCN(C(=O)c3cccc(F)c3)CC2)cc1OC. The van der Waals surface area contributed by atoms with E-state index < -0.39 is 11.9 Å². The monoisotopic (exact) mass is 471 g/mol. The van der Waals surface area contributed by atoms with E-state index in [0.29, 0.717) is 43.0 Å². The highest BCUT2D eigenvalue weighted by Crippen LogP contribution is 2.28. The fraction of sp³-hybridized carbons (Fsp3) is 0.400. The molecule has 34 heavy (non-hydrogen) atoms. The first-order valence-electron chi connectivity index (χ1n) is 11.1. The topological polar surface area (TPSA) is 97.0 Å². The summed E-state index contributed by atoms with van der Waals surface area (Å²) >= 11 is 0. The Kier molecular flexibility index (Phi) is 8.45. The van der Waals surface area contributed by atoms with Gasteiger partial charge in [-0.15, -0.1) is 0 Å². The smallest absolute Gasteiger partial charge is 0.253 e. The van der Waals surface area contributed by atoms with E-state index in [1.807, 2.05) is 6.07 Å². The first kappa shape index (κ1) is 25.0. The van der Waals surface area contributed by atoms with Crippen LogP contribution in [0.5, 0.6) is 11.5 Å². The number of carbonyl (C=O) groups excluding carboxylic acids is 3. The number of nitrogens with one attached hydrogen (secondary N) is 2. The summed E-state index contributed by atoms with van der Waals surface area (Å²) in [6.07, 6.45) is 1.41. The number of carbonyl (C=O) groups is 3. The molecule has 1 fully saturated rings. The average Bonchev–Trinajstić information content (AvgIpc) is 2.83. The molecule has 1 atom stereocenters. The highest BCUT2D eigenvalue weighted by Gasteiger charge is 2.28. The minimum Gasteiger partial charge on any atom is -0.493 e. The van der Waals surface area contributed by atoms with Gasteiger partial charge in [-0.05, 0) is 48.7 Å². The average molecular weight is 472 g/mol. The van der Waals surface area contributed by atoms with E-state index in [1.54, 1.807) is 30.2 Å². The highest BCUT2D eigenvalue weighted by atomic mass is 19.1. The van der Waals surface area contributed by atoms with Crippen molar-refractivity contribution in [3.05, 3.63) is 59.4 Å². The molecule has 0 unspecified atom stereocenters. The van der Waals surface area contributed by atoms with Gasteiger partial charge in [0.05, 0.1) is 14.2 Å². The van der Waals surface area contributed by atoms with Crippen LogP contribution in [-0.2, 0) is 16.0 Å². The van der Waals surface area contributed by atoms with E-state index >= 15 is 0 Å². The van der Waals surface area contributed by atoms with Gasteiger partial charge in [-0.2, -0.15) is 0 Å². The van der Waals surface area contributed by atoms with Crippen LogP contribution in [0.4, 0.5) is 4.39 Å². The van der Waals surface area contributed by atoms with Crippen LogP contribution in [0.1, 0.15) is 35.7 Å². The Morgan fingerprint density at radius 3 is 2.38 bits per heavy atom. The molecule has 0 spiro atoms. The third kappa shape index (κ3) is 6.46. The molecule has 3 rings (SSSR count). The third-order valence-electron chi connectivity index (χ3n) is 5.78. The summed E-state index contributed by atoms with van der Waals surface area (Å²) in [4.78, 5) is 39.0. The largest absolute Gasteiger partial charge is 0.493 e. The molecule has 0 bridgehead atoms. The Labute approximate surface area is 198 Å². The van der Waals surface area contributed by atoms with Gasteiger partial charge in [-0.3, -0.25) is 14.4 Å². The van der Waals surface area contributed by atoms with Gasteiger partial charge in [0.2, 0.25) is 11.8 Å². The number of hydrogen-bond donors (Lipinski definition) is 2. The van der Waals surface area contributed by atoms with Crippen molar-refractivity contribution in [3.8, 4) is 11.5 Å². The van der Waals surface area contributed by atoms with Crippen LogP contribution in [0.25, 0.3) is 0 Å². The Morgan fingerprint density at radius 2 is 1.76 bits per heavy atom. The van der Waals surface area contributed by atoms with E-state index in [-0.39, 0.29) is 30.2 Å². The molecular formula is C25H30FN3O5. The molecule has 3 amide bonds. The number of methoxy groups -OCH3 is 2. The van der Waals surface area contributed by atoms with Crippen molar-refractivity contribution in [3.63, 3.8) is 0 Å². The van der Waals surface area contributed by atoms with Crippen LogP contribution in [-0.4, -0.2) is 62.0 Å². The number of amides is 3. The Hall–Kier alpha value is -3.62. The maximum Gasteiger partial charge on any atom is 0.253 e. The lowest BCUT2D eigenvalue weighted by Crippen LogP contribution is -2.53. The molecule has 1 saturated heterocycles. The molecule has 0 aromatic heterocycles. The predicted octanol–water partition coefficient (Wildman–Crippen LogP) is 2.31. The normalized spacial score (nSPS) is 14.8. The quantitative estimate of drug-likeness (QED) is 0.616. The van der Waals surface area contributed by atoms with Crippen LogP contribution in [0, 0.1) is 5.82 Å². The molecule has 9 heteroatoms. The lowest BCUT2D eigenvalue weighted by atomic mass is 10.0. The van der Waals surface area contributed by atoms with Gasteiger partial charge in [-0.25, -0.2) is 4.39 Å². The number of benzene rings is 2. The van der Waals surface area contributed by atoms with E-state index in [9.17, 15) is 18.8 Å². The number of ether oxygens (including phenoxy) is 2. The maximum atomic E-state index is 13.4. The fourth-order valence-corrected chi connectivity index (χ4v) is 4.03. The first-order valence-corrected chi connectivity index (χ1v) is 11.1. The fourth-order valence-electron chi connectivity index (χ4n) is 4.03. The van der Waals surface area contributed by atoms with Crippen LogP contribution in [0.2, 0.25) is 0 Å². The standard InChI is InChI=1S/C25H30FN3O5/c1-16(30)27-21(13-17-7-8-22(33-2)23(14-17)34-3)24(31)28-20-9-11-29(12-10-20)25(32)18-5-4-6-19(26)15-18/h4-8,14-15,20-21H,9-13H2,1-3H3,(H,27,30)(H,28,31)/t21-/m0/s1. The summed E-state index contributed by atoms with van der Waals surface area (Å²) in [5, 5.41) is 5.71. The summed E-state index contributed by atoms with van der Waals surface area (Å²) < 4.78 is 24.0. The van der Waals surface area contributed by atoms with Crippen molar-refractivity contribution >= 4 is 17.7 Å². The Balaban J connectivity index is 1.60. The van der Waals surface area contributed by atoms with E-state index in [1.165, 1.54) is 32.2 Å². The van der Waals surface area contributed by atoms with Crippen molar-refractivity contribution in [2.75, 3.05) is 27.3 Å². The predicted molar refractivity (Wildman–Crippen MR) is 124 cm³/mol. The minimum atomic E-state index is -0.762. The molecule has 1 aliphatic rings. The zero-order valence-corrected chi connectivity index (χ0v) is 19.6. The van der Waals surface area contributed by atoms with Gasteiger partial charge in [0.1, 0.15) is 11.9 Å². The Bertz CT molecular complexity index is 1040. The summed E-state index contributed by atoms with van der Waals surface area (Å²) in [6.45, 7) is 2.26. The van der Waals surface area contributed by atoms with Crippen LogP contribution in [0.15, 0.2) is 42.5 Å². The molecule has 2 N–H and O–H groups in total. The number of likely N-dealkylation sites (tertiary alicyclic amines) is 1. The molecule has 1 heterocycles. The number of rotatable bonds is 8. The van der Waals surface area contributed by atoms with Gasteiger partial charge in [0.15, 0.2) is 11.5 Å². The molecule has 1 aliphatic heterocycles. The number of halogens is 1. The molecule has 2 aromatic rings. The van der Waals surface area contributed by atoms with Gasteiger partial charge in [0, 0.05) is 38.0 Å². The highest BCUT2D eigenvalue weighted by molar-refractivity contribution is 5.94. The van der Waals surface area contributed by atoms with Gasteiger partial charge < -0.3 is 25.0 Å². The van der Waals surface area contributed by atoms with E-state index in [2.05, 4.69) is 10.6 Å². The third-order valence-corrected chi connectivity index (χ3v) is 5.78. The summed E-state index contributed by atoms with van der Waals surface area (Å²) in [7, 11) is 3.08. The van der Waals surface area contributed by atoms with Crippen LogP contribution in [0.3, 0.4) is 0 Å². The van der Waals surface area contributed by atoms with Crippen molar-refractivity contribution in [2.45, 2.75) is 38.3 Å². The van der Waals surface area contributed by atoms with Crippen molar-refractivity contribution < 1.29 is 28.2 Å². The second kappa shape index (κ2) is 11.5. The minimum absolute atomic E-state index is 0.134. The summed E-state index contributed by atoms with van der Waals surface area (Å²) in [5.74, 6) is -0.167. The lowest BCUT2D eigenvalue weighted by Gasteiger charge is -2.33. The van der Waals surface area contributed by atoms with Crippen molar-refractivity contribution in [1.82, 2.24) is 15.5 Å². The van der Waals surface area contributed by atoms with Crippen molar-refractivity contribution in [2.24, 2.45) is 0 Å². The number of hydrogen-bond acceptors (Lipinski definition) is 5. The van der Waals surface area contributed by atoms with Crippen LogP contribution < -0.4 is 20.1 Å². The second-order valence-electron chi connectivity index (χ2n) is 8.23. The van der Waals surface area contributed by atoms with Crippen LogP contribution >= 0.6 is 0 Å². The maximum absolute atomic E-state index is 13.4. The van der Waals surface area contributed by atoms with Crippen molar-refractivity contribution in [1.29, 1.82) is 0 Å². The molecule has 0 aliphatic carbocycles. The van der Waals surface area contributed by atoms with Gasteiger partial charge in [0.25, 0.3) is 5.91 Å². The molecule has 8 nitrogen and oxygen atoms in total. The van der Waals surface area contributed by atoms with E-state index in [0.717, 1.165) is 5.56 Å². The molecular weight excluding hydrogens is 441 g/mol. The number of nitrogens with zero attached hydrogens (tertiary/aromatic N) is 1. The van der Waals surface area contributed by atoms with Gasteiger partial charge >= 0.3 is 0 Å². The van der Waals surface area contributed by atoms with E-state index in [4.69, 9.17) is 9.47 Å². The van der Waals surface area contributed by atoms with Gasteiger partial charge in [-0.1, -0.05) is 12.1 Å². The molecule has 2 aromatic carbocycles. The summed E-state index contributed by atoms with van der Waals surface area (Å²) in [5.41, 5.74) is 1.12. The first-order chi connectivity index (χ1) is 16.3. The zero-order valence-electron chi connectivity index (χ0n) is 19.6. The Morgan fingerprint density at radius 1 is 1.06 bits per heavy atom. The number of piperidine rings is 1. The summed E-state index contributed by atoms with van der Waals surface area (Å²) in [6, 6.07) is 10.1. The lowest BCUT2D eigenvalue weighted by molar-refractivity contribution is -0.128. The molecule has 182 valence electrons.